The number of hydrogen-bond donors (Lipinski definition) is 2. The second kappa shape index (κ2) is 4.25. The third-order valence-corrected chi connectivity index (χ3v) is 2.68. The number of halogens is 1. The van der Waals surface area contributed by atoms with E-state index in [1.54, 1.807) is 6.92 Å². The van der Waals surface area contributed by atoms with Crippen molar-refractivity contribution in [1.29, 1.82) is 0 Å². The molecular weight excluding hydrogens is 228 g/mol. The lowest BCUT2D eigenvalue weighted by Crippen LogP contribution is -2.39. The zero-order valence-corrected chi connectivity index (χ0v) is 9.93. The smallest absolute Gasteiger partial charge is 0.247 e. The molecule has 0 bridgehead atoms. The van der Waals surface area contributed by atoms with Gasteiger partial charge in [0.1, 0.15) is 11.7 Å². The summed E-state index contributed by atoms with van der Waals surface area (Å²) in [6, 6.07) is -0.233. The monoisotopic (exact) mass is 240 g/mol. The Bertz CT molecular complexity index is 435. The summed E-state index contributed by atoms with van der Waals surface area (Å²) in [5.41, 5.74) is 1.30. The van der Waals surface area contributed by atoms with Gasteiger partial charge in [0.05, 0.1) is 5.69 Å². The highest BCUT2D eigenvalue weighted by molar-refractivity contribution is 6.28. The molecule has 16 heavy (non-hydrogen) atoms. The topological polar surface area (TPSA) is 66.9 Å². The Morgan fingerprint density at radius 1 is 1.44 bits per heavy atom. The quantitative estimate of drug-likeness (QED) is 0.776. The molecule has 0 saturated carbocycles. The van der Waals surface area contributed by atoms with Crippen LogP contribution in [0.25, 0.3) is 0 Å². The molecule has 5 nitrogen and oxygen atoms in total. The summed E-state index contributed by atoms with van der Waals surface area (Å²) < 4.78 is 0. The van der Waals surface area contributed by atoms with Crippen molar-refractivity contribution >= 4 is 29.0 Å². The van der Waals surface area contributed by atoms with Crippen LogP contribution in [0.1, 0.15) is 25.5 Å². The average molecular weight is 241 g/mol. The van der Waals surface area contributed by atoms with Crippen molar-refractivity contribution in [2.24, 2.45) is 0 Å². The van der Waals surface area contributed by atoms with Gasteiger partial charge in [-0.2, -0.15) is 4.98 Å². The molecule has 1 aliphatic rings. The van der Waals surface area contributed by atoms with Gasteiger partial charge in [0.15, 0.2) is 5.82 Å². The first kappa shape index (κ1) is 11.1. The van der Waals surface area contributed by atoms with E-state index in [9.17, 15) is 4.79 Å². The molecule has 0 aromatic carbocycles. The van der Waals surface area contributed by atoms with Gasteiger partial charge >= 0.3 is 0 Å². The van der Waals surface area contributed by atoms with Gasteiger partial charge < -0.3 is 10.6 Å². The number of fused-ring (bicyclic) bond motifs is 1. The van der Waals surface area contributed by atoms with Gasteiger partial charge in [-0.25, -0.2) is 4.98 Å². The van der Waals surface area contributed by atoms with E-state index in [4.69, 9.17) is 11.6 Å². The molecule has 0 fully saturated rings. The van der Waals surface area contributed by atoms with Crippen LogP contribution in [0.4, 0.5) is 11.5 Å². The number of carbonyl (C=O) groups excluding carboxylic acids is 1. The van der Waals surface area contributed by atoms with Crippen molar-refractivity contribution in [3.05, 3.63) is 11.0 Å². The van der Waals surface area contributed by atoms with Gasteiger partial charge in [0.2, 0.25) is 11.2 Å². The van der Waals surface area contributed by atoms with Gasteiger partial charge in [-0.1, -0.05) is 13.3 Å². The molecule has 1 aromatic heterocycles. The van der Waals surface area contributed by atoms with E-state index in [0.717, 1.165) is 12.8 Å². The SMILES string of the molecule is CCCC1Nc2nc(Cl)nc(C)c2NC1=O. The number of aryl methyl sites for hydroxylation is 1. The van der Waals surface area contributed by atoms with Crippen LogP contribution in [0.5, 0.6) is 0 Å². The number of aromatic nitrogens is 2. The van der Waals surface area contributed by atoms with E-state index in [1.807, 2.05) is 6.92 Å². The summed E-state index contributed by atoms with van der Waals surface area (Å²) in [6.45, 7) is 3.82. The van der Waals surface area contributed by atoms with Crippen molar-refractivity contribution in [2.45, 2.75) is 32.7 Å². The summed E-state index contributed by atoms with van der Waals surface area (Å²) >= 11 is 5.77. The molecule has 1 aromatic rings. The second-order valence-electron chi connectivity index (χ2n) is 3.78. The molecule has 0 spiro atoms. The zero-order chi connectivity index (χ0) is 11.7. The second-order valence-corrected chi connectivity index (χ2v) is 4.11. The molecular formula is C10H13ClN4O. The average Bonchev–Trinajstić information content (AvgIpc) is 2.21. The first-order valence-electron chi connectivity index (χ1n) is 5.23. The van der Waals surface area contributed by atoms with Crippen molar-refractivity contribution in [3.63, 3.8) is 0 Å². The van der Waals surface area contributed by atoms with Crippen LogP contribution in [-0.4, -0.2) is 21.9 Å². The van der Waals surface area contributed by atoms with Crippen molar-refractivity contribution in [1.82, 2.24) is 9.97 Å². The number of rotatable bonds is 2. The summed E-state index contributed by atoms with van der Waals surface area (Å²) in [4.78, 5) is 19.8. The van der Waals surface area contributed by atoms with Crippen LogP contribution in [0.15, 0.2) is 0 Å². The number of nitrogens with one attached hydrogen (secondary N) is 2. The van der Waals surface area contributed by atoms with Crippen LogP contribution < -0.4 is 10.6 Å². The Morgan fingerprint density at radius 3 is 2.88 bits per heavy atom. The van der Waals surface area contributed by atoms with Crippen LogP contribution in [-0.2, 0) is 4.79 Å². The van der Waals surface area contributed by atoms with Crippen LogP contribution in [0, 0.1) is 6.92 Å². The van der Waals surface area contributed by atoms with Crippen LogP contribution in [0.2, 0.25) is 5.28 Å². The largest absolute Gasteiger partial charge is 0.356 e. The molecule has 1 amide bonds. The van der Waals surface area contributed by atoms with Crippen molar-refractivity contribution < 1.29 is 4.79 Å². The zero-order valence-electron chi connectivity index (χ0n) is 9.17. The molecule has 1 atom stereocenters. The van der Waals surface area contributed by atoms with Gasteiger partial charge in [0, 0.05) is 0 Å². The predicted octanol–water partition coefficient (Wildman–Crippen LogP) is 1.97. The lowest BCUT2D eigenvalue weighted by Gasteiger charge is -2.26. The fraction of sp³-hybridized carbons (Fsp3) is 0.500. The maximum Gasteiger partial charge on any atom is 0.247 e. The van der Waals surface area contributed by atoms with E-state index in [0.29, 0.717) is 17.2 Å². The van der Waals surface area contributed by atoms with Crippen molar-refractivity contribution in [2.75, 3.05) is 10.6 Å². The minimum atomic E-state index is -0.233. The fourth-order valence-corrected chi connectivity index (χ4v) is 1.94. The molecule has 1 unspecified atom stereocenters. The Kier molecular flexibility index (Phi) is 2.96. The highest BCUT2D eigenvalue weighted by Gasteiger charge is 2.27. The predicted molar refractivity (Wildman–Crippen MR) is 62.7 cm³/mol. The minimum absolute atomic E-state index is 0.0385. The van der Waals surface area contributed by atoms with E-state index in [1.165, 1.54) is 0 Å². The Labute approximate surface area is 98.6 Å². The van der Waals surface area contributed by atoms with Crippen LogP contribution >= 0.6 is 11.6 Å². The molecule has 1 aliphatic heterocycles. The van der Waals surface area contributed by atoms with E-state index in [-0.39, 0.29) is 17.2 Å². The van der Waals surface area contributed by atoms with Gasteiger partial charge in [0.25, 0.3) is 0 Å². The Balaban J connectivity index is 2.35. The molecule has 0 radical (unpaired) electrons. The minimum Gasteiger partial charge on any atom is -0.356 e. The van der Waals surface area contributed by atoms with E-state index in [2.05, 4.69) is 20.6 Å². The summed E-state index contributed by atoms with van der Waals surface area (Å²) in [6.07, 6.45) is 1.70. The summed E-state index contributed by atoms with van der Waals surface area (Å²) in [5, 5.41) is 6.08. The van der Waals surface area contributed by atoms with Gasteiger partial charge in [-0.3, -0.25) is 4.79 Å². The number of amides is 1. The molecule has 2 heterocycles. The number of anilines is 2. The third kappa shape index (κ3) is 1.95. The third-order valence-electron chi connectivity index (χ3n) is 2.52. The molecule has 2 N–H and O–H groups in total. The van der Waals surface area contributed by atoms with E-state index < -0.39 is 0 Å². The number of carbonyl (C=O) groups is 1. The van der Waals surface area contributed by atoms with E-state index >= 15 is 0 Å². The highest BCUT2D eigenvalue weighted by Crippen LogP contribution is 2.29. The first-order valence-corrected chi connectivity index (χ1v) is 5.61. The standard InChI is InChI=1S/C10H13ClN4O/c1-3-4-6-9(16)14-7-5(2)12-10(11)15-8(7)13-6/h6H,3-4H2,1-2H3,(H,14,16)(H,12,13,15). The summed E-state index contributed by atoms with van der Waals surface area (Å²) in [5.74, 6) is 0.568. The maximum absolute atomic E-state index is 11.7. The van der Waals surface area contributed by atoms with Crippen LogP contribution in [0.3, 0.4) is 0 Å². The first-order chi connectivity index (χ1) is 7.61. The van der Waals surface area contributed by atoms with Gasteiger partial charge in [-0.15, -0.1) is 0 Å². The fourth-order valence-electron chi connectivity index (χ4n) is 1.73. The lowest BCUT2D eigenvalue weighted by molar-refractivity contribution is -0.117. The normalized spacial score (nSPS) is 18.7. The Hall–Kier alpha value is -1.36. The van der Waals surface area contributed by atoms with Crippen molar-refractivity contribution in [3.8, 4) is 0 Å². The lowest BCUT2D eigenvalue weighted by atomic mass is 10.1. The molecule has 0 aliphatic carbocycles. The molecule has 0 saturated heterocycles. The summed E-state index contributed by atoms with van der Waals surface area (Å²) in [7, 11) is 0. The Morgan fingerprint density at radius 2 is 2.19 bits per heavy atom. The highest BCUT2D eigenvalue weighted by atomic mass is 35.5. The molecule has 2 rings (SSSR count). The van der Waals surface area contributed by atoms with Gasteiger partial charge in [-0.05, 0) is 24.9 Å². The number of hydrogen-bond acceptors (Lipinski definition) is 4. The molecule has 86 valence electrons. The maximum atomic E-state index is 11.7. The molecule has 6 heteroatoms. The number of nitrogens with zero attached hydrogens (tertiary/aromatic N) is 2.